The Morgan fingerprint density at radius 2 is 1.96 bits per heavy atom. The van der Waals surface area contributed by atoms with Gasteiger partial charge in [0.25, 0.3) is 0 Å². The number of nitrogens with one attached hydrogen (secondary N) is 1. The molecule has 0 aliphatic carbocycles. The smallest absolute Gasteiger partial charge is 0.246 e. The van der Waals surface area contributed by atoms with Crippen molar-refractivity contribution in [2.24, 2.45) is 0 Å². The maximum absolute atomic E-state index is 12.9. The Hall–Kier alpha value is -1.86. The molecule has 120 valence electrons. The van der Waals surface area contributed by atoms with Gasteiger partial charge in [0.1, 0.15) is 5.54 Å². The molecule has 0 spiro atoms. The number of fused-ring (bicyclic) bond motifs is 3. The van der Waals surface area contributed by atoms with Gasteiger partial charge >= 0.3 is 0 Å². The second-order valence-corrected chi connectivity index (χ2v) is 7.40. The van der Waals surface area contributed by atoms with Crippen molar-refractivity contribution in [3.63, 3.8) is 0 Å². The summed E-state index contributed by atoms with van der Waals surface area (Å²) in [5.74, 6) is 1.57. The molecule has 1 aromatic heterocycles. The monoisotopic (exact) mass is 331 g/mol. The zero-order chi connectivity index (χ0) is 15.4. The highest BCUT2D eigenvalue weighted by atomic mass is 32.1. The van der Waals surface area contributed by atoms with E-state index in [1.54, 1.807) is 0 Å². The van der Waals surface area contributed by atoms with Gasteiger partial charge in [0, 0.05) is 12.1 Å². The average molecular weight is 331 g/mol. The SMILES string of the molecule is O=C(Nc1nc2cc3c(cc2s1)OCO3)C12CCCN1CCC2. The van der Waals surface area contributed by atoms with E-state index in [1.165, 1.54) is 11.3 Å². The van der Waals surface area contributed by atoms with Crippen LogP contribution >= 0.6 is 11.3 Å². The number of carbonyl (C=O) groups is 1. The summed E-state index contributed by atoms with van der Waals surface area (Å²) in [5, 5.41) is 3.71. The van der Waals surface area contributed by atoms with E-state index in [0.717, 1.165) is 60.5 Å². The topological polar surface area (TPSA) is 63.7 Å². The van der Waals surface area contributed by atoms with Gasteiger partial charge in [-0.3, -0.25) is 9.69 Å². The molecular formula is C16H17N3O3S. The third-order valence-corrected chi connectivity index (χ3v) is 6.10. The number of hydrogen-bond donors (Lipinski definition) is 1. The van der Waals surface area contributed by atoms with Crippen molar-refractivity contribution in [1.29, 1.82) is 0 Å². The van der Waals surface area contributed by atoms with Gasteiger partial charge < -0.3 is 14.8 Å². The van der Waals surface area contributed by atoms with Crippen LogP contribution in [0.15, 0.2) is 12.1 Å². The van der Waals surface area contributed by atoms with Crippen molar-refractivity contribution < 1.29 is 14.3 Å². The molecule has 7 heteroatoms. The van der Waals surface area contributed by atoms with Gasteiger partial charge in [0.2, 0.25) is 12.7 Å². The molecule has 0 unspecified atom stereocenters. The number of ether oxygens (including phenoxy) is 2. The number of nitrogens with zero attached hydrogens (tertiary/aromatic N) is 2. The number of benzene rings is 1. The van der Waals surface area contributed by atoms with Gasteiger partial charge in [-0.05, 0) is 38.8 Å². The number of rotatable bonds is 2. The second-order valence-electron chi connectivity index (χ2n) is 6.37. The maximum Gasteiger partial charge on any atom is 0.246 e. The first kappa shape index (κ1) is 13.6. The van der Waals surface area contributed by atoms with E-state index in [1.807, 2.05) is 12.1 Å². The van der Waals surface area contributed by atoms with Gasteiger partial charge in [-0.15, -0.1) is 0 Å². The minimum atomic E-state index is -0.300. The minimum absolute atomic E-state index is 0.103. The van der Waals surface area contributed by atoms with E-state index in [9.17, 15) is 4.79 Å². The van der Waals surface area contributed by atoms with Crippen molar-refractivity contribution in [2.75, 3.05) is 25.2 Å². The third kappa shape index (κ3) is 1.96. The fraction of sp³-hybridized carbons (Fsp3) is 0.500. The van der Waals surface area contributed by atoms with E-state index in [2.05, 4.69) is 15.2 Å². The quantitative estimate of drug-likeness (QED) is 0.916. The fourth-order valence-electron chi connectivity index (χ4n) is 4.06. The van der Waals surface area contributed by atoms with Crippen molar-refractivity contribution in [2.45, 2.75) is 31.2 Å². The molecule has 2 fully saturated rings. The van der Waals surface area contributed by atoms with Gasteiger partial charge in [-0.2, -0.15) is 0 Å². The first-order valence-electron chi connectivity index (χ1n) is 8.01. The van der Waals surface area contributed by atoms with Crippen LogP contribution in [0.25, 0.3) is 10.2 Å². The Kier molecular flexibility index (Phi) is 2.84. The summed E-state index contributed by atoms with van der Waals surface area (Å²) in [7, 11) is 0. The van der Waals surface area contributed by atoms with Crippen molar-refractivity contribution in [1.82, 2.24) is 9.88 Å². The lowest BCUT2D eigenvalue weighted by atomic mass is 9.93. The van der Waals surface area contributed by atoms with Crippen LogP contribution in [0, 0.1) is 0 Å². The van der Waals surface area contributed by atoms with Gasteiger partial charge in [0.15, 0.2) is 16.6 Å². The van der Waals surface area contributed by atoms with E-state index in [0.29, 0.717) is 5.13 Å². The number of hydrogen-bond acceptors (Lipinski definition) is 6. The fourth-order valence-corrected chi connectivity index (χ4v) is 4.93. The highest BCUT2D eigenvalue weighted by Gasteiger charge is 2.50. The summed E-state index contributed by atoms with van der Waals surface area (Å²) in [6.07, 6.45) is 4.13. The van der Waals surface area contributed by atoms with Crippen LogP contribution < -0.4 is 14.8 Å². The van der Waals surface area contributed by atoms with Crippen molar-refractivity contribution >= 4 is 32.6 Å². The summed E-state index contributed by atoms with van der Waals surface area (Å²) in [6, 6.07) is 3.81. The molecule has 2 aromatic rings. The molecule has 1 aromatic carbocycles. The lowest BCUT2D eigenvalue weighted by Gasteiger charge is -2.29. The Morgan fingerprint density at radius 3 is 2.74 bits per heavy atom. The van der Waals surface area contributed by atoms with Crippen molar-refractivity contribution in [3.05, 3.63) is 12.1 Å². The molecule has 6 nitrogen and oxygen atoms in total. The lowest BCUT2D eigenvalue weighted by molar-refractivity contribution is -0.125. The van der Waals surface area contributed by atoms with Crippen LogP contribution in [-0.2, 0) is 4.79 Å². The van der Waals surface area contributed by atoms with Crippen LogP contribution in [0.1, 0.15) is 25.7 Å². The summed E-state index contributed by atoms with van der Waals surface area (Å²) in [5.41, 5.74) is 0.535. The van der Waals surface area contributed by atoms with Crippen LogP contribution in [0.4, 0.5) is 5.13 Å². The first-order chi connectivity index (χ1) is 11.2. The van der Waals surface area contributed by atoms with Gasteiger partial charge in [-0.25, -0.2) is 4.98 Å². The average Bonchev–Trinajstić information content (AvgIpc) is 3.26. The number of amides is 1. The number of aromatic nitrogens is 1. The zero-order valence-electron chi connectivity index (χ0n) is 12.6. The maximum atomic E-state index is 12.9. The highest BCUT2D eigenvalue weighted by molar-refractivity contribution is 7.22. The minimum Gasteiger partial charge on any atom is -0.454 e. The third-order valence-electron chi connectivity index (χ3n) is 5.17. The molecule has 5 rings (SSSR count). The molecule has 0 atom stereocenters. The van der Waals surface area contributed by atoms with E-state index in [4.69, 9.17) is 9.47 Å². The molecule has 2 saturated heterocycles. The van der Waals surface area contributed by atoms with E-state index in [-0.39, 0.29) is 18.2 Å². The normalized spacial score (nSPS) is 21.7. The van der Waals surface area contributed by atoms with E-state index >= 15 is 0 Å². The number of carbonyl (C=O) groups excluding carboxylic acids is 1. The van der Waals surface area contributed by atoms with Crippen LogP contribution in [0.5, 0.6) is 11.5 Å². The predicted octanol–water partition coefficient (Wildman–Crippen LogP) is 2.59. The molecule has 4 heterocycles. The Bertz CT molecular complexity index is 752. The summed E-state index contributed by atoms with van der Waals surface area (Å²) < 4.78 is 11.8. The summed E-state index contributed by atoms with van der Waals surface area (Å²) in [6.45, 7) is 2.33. The van der Waals surface area contributed by atoms with Gasteiger partial charge in [0.05, 0.1) is 10.2 Å². The first-order valence-corrected chi connectivity index (χ1v) is 8.83. The van der Waals surface area contributed by atoms with E-state index < -0.39 is 0 Å². The molecule has 0 saturated carbocycles. The highest BCUT2D eigenvalue weighted by Crippen LogP contribution is 2.41. The second kappa shape index (κ2) is 4.82. The largest absolute Gasteiger partial charge is 0.454 e. The molecule has 3 aliphatic rings. The van der Waals surface area contributed by atoms with Crippen LogP contribution in [0.2, 0.25) is 0 Å². The Labute approximate surface area is 137 Å². The summed E-state index contributed by atoms with van der Waals surface area (Å²) >= 11 is 1.48. The van der Waals surface area contributed by atoms with Crippen molar-refractivity contribution in [3.8, 4) is 11.5 Å². The van der Waals surface area contributed by atoms with Crippen LogP contribution in [-0.4, -0.2) is 41.2 Å². The van der Waals surface area contributed by atoms with Gasteiger partial charge in [-0.1, -0.05) is 11.3 Å². The number of anilines is 1. The molecule has 23 heavy (non-hydrogen) atoms. The Balaban J connectivity index is 1.44. The molecule has 0 radical (unpaired) electrons. The predicted molar refractivity (Wildman–Crippen MR) is 87.1 cm³/mol. The lowest BCUT2D eigenvalue weighted by Crippen LogP contribution is -2.48. The molecular weight excluding hydrogens is 314 g/mol. The molecule has 3 aliphatic heterocycles. The standard InChI is InChI=1S/C16H17N3O3S/c20-14(16-3-1-5-19(16)6-2-4-16)18-15-17-10-7-11-12(22-9-21-11)8-13(10)23-15/h7-8H,1-6,9H2,(H,17,18,20). The Morgan fingerprint density at radius 1 is 1.22 bits per heavy atom. The number of thiazole rings is 1. The molecule has 0 bridgehead atoms. The molecule has 1 N–H and O–H groups in total. The summed E-state index contributed by atoms with van der Waals surface area (Å²) in [4.78, 5) is 19.7. The zero-order valence-corrected chi connectivity index (χ0v) is 13.4. The molecule has 1 amide bonds. The van der Waals surface area contributed by atoms with Crippen LogP contribution in [0.3, 0.4) is 0 Å².